The molecule has 0 nitrogen and oxygen atoms in total. The monoisotopic (exact) mass is 203 g/mol. The summed E-state index contributed by atoms with van der Waals surface area (Å²) in [5.41, 5.74) is 0. The normalized spacial score (nSPS) is 11.4. The lowest BCUT2D eigenvalue weighted by Gasteiger charge is -2.22. The fourth-order valence-corrected chi connectivity index (χ4v) is 3.87. The Labute approximate surface area is 89.9 Å². The second kappa shape index (κ2) is 5.40. The van der Waals surface area contributed by atoms with E-state index in [1.807, 2.05) is 0 Å². The SMILES string of the molecule is CCCC[B][Si](C)(C)c1ccccc1. The van der Waals surface area contributed by atoms with Gasteiger partial charge in [-0.15, -0.1) is 0 Å². The van der Waals surface area contributed by atoms with E-state index in [0.717, 1.165) is 0 Å². The van der Waals surface area contributed by atoms with Gasteiger partial charge < -0.3 is 0 Å². The summed E-state index contributed by atoms with van der Waals surface area (Å²) >= 11 is 0. The minimum Gasteiger partial charge on any atom is -0.0824 e. The molecule has 1 radical (unpaired) electrons. The van der Waals surface area contributed by atoms with E-state index < -0.39 is 7.94 Å². The van der Waals surface area contributed by atoms with Crippen LogP contribution in [0.3, 0.4) is 0 Å². The first kappa shape index (κ1) is 11.6. The second-order valence-electron chi connectivity index (χ2n) is 4.43. The van der Waals surface area contributed by atoms with Crippen LogP contribution in [0.15, 0.2) is 30.3 Å². The first-order valence-electron chi connectivity index (χ1n) is 5.56. The molecule has 0 bridgehead atoms. The zero-order valence-corrected chi connectivity index (χ0v) is 10.6. The Kier molecular flexibility index (Phi) is 4.46. The van der Waals surface area contributed by atoms with Gasteiger partial charge in [0, 0.05) is 7.94 Å². The van der Waals surface area contributed by atoms with Crippen molar-refractivity contribution < 1.29 is 0 Å². The average molecular weight is 203 g/mol. The predicted octanol–water partition coefficient (Wildman–Crippen LogP) is 3.02. The summed E-state index contributed by atoms with van der Waals surface area (Å²) in [6.07, 6.45) is 3.92. The lowest BCUT2D eigenvalue weighted by molar-refractivity contribution is 0.882. The van der Waals surface area contributed by atoms with E-state index >= 15 is 0 Å². The fourth-order valence-electron chi connectivity index (χ4n) is 1.65. The Balaban J connectivity index is 2.56. The van der Waals surface area contributed by atoms with Crippen LogP contribution in [-0.4, -0.2) is 14.8 Å². The maximum atomic E-state index is 2.58. The van der Waals surface area contributed by atoms with Crippen LogP contribution in [0, 0.1) is 0 Å². The standard InChI is InChI=1S/C12H20BSi/c1-4-5-11-13-14(2,3)12-9-7-6-8-10-12/h6-10H,4-5,11H2,1-3H3. The van der Waals surface area contributed by atoms with Gasteiger partial charge in [0.05, 0.1) is 0 Å². The molecule has 0 spiro atoms. The summed E-state index contributed by atoms with van der Waals surface area (Å²) in [6.45, 7) is 9.69. The summed E-state index contributed by atoms with van der Waals surface area (Å²) in [5.74, 6) is 0. The molecule has 0 N–H and O–H groups in total. The molecule has 0 amide bonds. The molecule has 1 aromatic rings. The number of rotatable bonds is 5. The number of hydrogen-bond donors (Lipinski definition) is 0. The van der Waals surface area contributed by atoms with Crippen molar-refractivity contribution in [3.8, 4) is 0 Å². The number of hydrogen-bond acceptors (Lipinski definition) is 0. The van der Waals surface area contributed by atoms with Crippen molar-refractivity contribution in [3.63, 3.8) is 0 Å². The molecule has 0 aromatic heterocycles. The molecule has 75 valence electrons. The molecule has 0 saturated heterocycles. The molecule has 14 heavy (non-hydrogen) atoms. The first-order valence-corrected chi connectivity index (χ1v) is 8.64. The summed E-state index contributed by atoms with van der Waals surface area (Å²) in [5, 5.41) is 1.55. The Morgan fingerprint density at radius 3 is 2.36 bits per heavy atom. The molecule has 0 unspecified atom stereocenters. The second-order valence-corrected chi connectivity index (χ2v) is 8.86. The van der Waals surface area contributed by atoms with Gasteiger partial charge >= 0.3 is 0 Å². The third-order valence-corrected chi connectivity index (χ3v) is 5.86. The van der Waals surface area contributed by atoms with Crippen LogP contribution < -0.4 is 5.19 Å². The third-order valence-electron chi connectivity index (χ3n) is 2.73. The predicted molar refractivity (Wildman–Crippen MR) is 69.0 cm³/mol. The first-order chi connectivity index (χ1) is 6.67. The Bertz CT molecular complexity index is 256. The third kappa shape index (κ3) is 3.34. The topological polar surface area (TPSA) is 0 Å². The van der Waals surface area contributed by atoms with Crippen molar-refractivity contribution in [3.05, 3.63) is 30.3 Å². The van der Waals surface area contributed by atoms with Gasteiger partial charge in [-0.25, -0.2) is 0 Å². The summed E-state index contributed by atoms with van der Waals surface area (Å²) in [7, 11) is -1.24. The van der Waals surface area contributed by atoms with Crippen LogP contribution in [-0.2, 0) is 0 Å². The van der Waals surface area contributed by atoms with Gasteiger partial charge in [-0.3, -0.25) is 0 Å². The van der Waals surface area contributed by atoms with Crippen LogP contribution in [0.1, 0.15) is 19.8 Å². The maximum Gasteiger partial charge on any atom is 0.109 e. The number of benzene rings is 1. The van der Waals surface area contributed by atoms with E-state index in [4.69, 9.17) is 0 Å². The van der Waals surface area contributed by atoms with E-state index in [9.17, 15) is 0 Å². The molecule has 1 rings (SSSR count). The van der Waals surface area contributed by atoms with E-state index in [-0.39, 0.29) is 0 Å². The van der Waals surface area contributed by atoms with Crippen molar-refractivity contribution in [2.24, 2.45) is 0 Å². The Hall–Kier alpha value is -0.498. The molecule has 1 aromatic carbocycles. The van der Waals surface area contributed by atoms with Gasteiger partial charge in [0.2, 0.25) is 0 Å². The highest BCUT2D eigenvalue weighted by Crippen LogP contribution is 2.06. The zero-order chi connectivity index (χ0) is 10.4. The average Bonchev–Trinajstić information content (AvgIpc) is 2.19. The van der Waals surface area contributed by atoms with Gasteiger partial charge in [-0.1, -0.05) is 74.7 Å². The fraction of sp³-hybridized carbons (Fsp3) is 0.500. The van der Waals surface area contributed by atoms with Crippen LogP contribution >= 0.6 is 0 Å². The van der Waals surface area contributed by atoms with E-state index in [1.165, 1.54) is 19.2 Å². The molecule has 0 heterocycles. The molecular formula is C12H20BSi. The van der Waals surface area contributed by atoms with Gasteiger partial charge in [0.1, 0.15) is 6.87 Å². The van der Waals surface area contributed by atoms with Gasteiger partial charge in [-0.2, -0.15) is 0 Å². The molecule has 2 heteroatoms. The van der Waals surface area contributed by atoms with Crippen LogP contribution in [0.5, 0.6) is 0 Å². The van der Waals surface area contributed by atoms with E-state index in [0.29, 0.717) is 0 Å². The summed E-state index contributed by atoms with van der Waals surface area (Å²) < 4.78 is 0. The van der Waals surface area contributed by atoms with Gasteiger partial charge in [0.15, 0.2) is 0 Å². The van der Waals surface area contributed by atoms with E-state index in [1.54, 1.807) is 5.19 Å². The Morgan fingerprint density at radius 1 is 1.14 bits per heavy atom. The minimum atomic E-state index is -1.24. The highest BCUT2D eigenvalue weighted by Gasteiger charge is 2.22. The van der Waals surface area contributed by atoms with Gasteiger partial charge in [0.25, 0.3) is 0 Å². The quantitative estimate of drug-likeness (QED) is 0.509. The van der Waals surface area contributed by atoms with E-state index in [2.05, 4.69) is 57.2 Å². The molecule has 0 atom stereocenters. The molecular weight excluding hydrogens is 183 g/mol. The zero-order valence-electron chi connectivity index (χ0n) is 9.59. The van der Waals surface area contributed by atoms with Crippen LogP contribution in [0.2, 0.25) is 19.4 Å². The van der Waals surface area contributed by atoms with Crippen molar-refractivity contribution in [1.82, 2.24) is 0 Å². The maximum absolute atomic E-state index is 2.58. The molecule has 0 fully saturated rings. The lowest BCUT2D eigenvalue weighted by atomic mass is 9.98. The highest BCUT2D eigenvalue weighted by atomic mass is 28.3. The molecule has 0 saturated carbocycles. The molecule has 0 aliphatic rings. The summed E-state index contributed by atoms with van der Waals surface area (Å²) in [6, 6.07) is 10.9. The molecule has 0 aliphatic heterocycles. The molecule has 0 aliphatic carbocycles. The number of unbranched alkanes of at least 4 members (excludes halogenated alkanes) is 1. The van der Waals surface area contributed by atoms with Crippen molar-refractivity contribution in [2.75, 3.05) is 0 Å². The Morgan fingerprint density at radius 2 is 1.79 bits per heavy atom. The summed E-state index contributed by atoms with van der Waals surface area (Å²) in [4.78, 5) is 0. The van der Waals surface area contributed by atoms with Crippen LogP contribution in [0.25, 0.3) is 0 Å². The van der Waals surface area contributed by atoms with Crippen molar-refractivity contribution in [2.45, 2.75) is 39.2 Å². The highest BCUT2D eigenvalue weighted by molar-refractivity contribution is 7.30. The van der Waals surface area contributed by atoms with Crippen LogP contribution in [0.4, 0.5) is 0 Å². The van der Waals surface area contributed by atoms with Crippen molar-refractivity contribution >= 4 is 20.0 Å². The van der Waals surface area contributed by atoms with Gasteiger partial charge in [-0.05, 0) is 0 Å². The van der Waals surface area contributed by atoms with Crippen molar-refractivity contribution in [1.29, 1.82) is 0 Å². The smallest absolute Gasteiger partial charge is 0.0824 e. The largest absolute Gasteiger partial charge is 0.109 e. The lowest BCUT2D eigenvalue weighted by Crippen LogP contribution is -2.47. The minimum absolute atomic E-state index is 1.24.